The van der Waals surface area contributed by atoms with E-state index in [1.54, 1.807) is 0 Å². The summed E-state index contributed by atoms with van der Waals surface area (Å²) in [5, 5.41) is 4.34. The molecule has 0 saturated heterocycles. The van der Waals surface area contributed by atoms with Crippen molar-refractivity contribution in [1.29, 1.82) is 0 Å². The van der Waals surface area contributed by atoms with Gasteiger partial charge < -0.3 is 18.3 Å². The van der Waals surface area contributed by atoms with E-state index >= 15 is 0 Å². The molecule has 6 nitrogen and oxygen atoms in total. The van der Waals surface area contributed by atoms with Gasteiger partial charge in [0.2, 0.25) is 0 Å². The average Bonchev–Trinajstić information content (AvgIpc) is 4.35. The molecular weight excluding hydrogens is 1120 g/mol. The van der Waals surface area contributed by atoms with Crippen LogP contribution in [-0.4, -0.2) is 14.1 Å². The number of aromatic nitrogens is 4. The van der Waals surface area contributed by atoms with Crippen molar-refractivity contribution < 1.29 is 34.8 Å². The van der Waals surface area contributed by atoms with Gasteiger partial charge in [0.15, 0.2) is 0 Å². The van der Waals surface area contributed by atoms with Crippen molar-refractivity contribution in [2.75, 3.05) is 0 Å². The van der Waals surface area contributed by atoms with Gasteiger partial charge in [0, 0.05) is 60.6 Å². The Balaban J connectivity index is 0.00000540. The van der Waals surface area contributed by atoms with Gasteiger partial charge in [0.25, 0.3) is 6.33 Å². The van der Waals surface area contributed by atoms with Gasteiger partial charge >= 0.3 is 0 Å². The Bertz CT molecular complexity index is 4670. The van der Waals surface area contributed by atoms with Crippen LogP contribution >= 0.6 is 0 Å². The van der Waals surface area contributed by atoms with Crippen molar-refractivity contribution in [2.45, 2.75) is 26.2 Å². The molecular formula is C70H46N4O2Pt-2. The molecule has 0 bridgehead atoms. The minimum atomic E-state index is -0.0492. The monoisotopic (exact) mass is 1170 g/mol. The summed E-state index contributed by atoms with van der Waals surface area (Å²) in [6, 6.07) is 84.6. The summed E-state index contributed by atoms with van der Waals surface area (Å²) in [6.45, 7) is 6.68. The van der Waals surface area contributed by atoms with Crippen molar-refractivity contribution in [3.05, 3.63) is 249 Å². The van der Waals surface area contributed by atoms with Crippen LogP contribution < -0.4 is 9.30 Å². The Kier molecular flexibility index (Phi) is 10.9. The standard InChI is InChI=1S/C70H46N4O2.Pt/c1-70(2,3)46-36-37-71-66(40-46)74-62-31-13-11-26-54(62)55-35-34-49(42-64(55)74)75-48-21-15-20-47(41-48)72-43-73-67-57(52-24-9-7-22-50(52)51-23-8-10-25-53(51)58-30-17-32-63(72)68(58)73)28-16-29-59(67)61-39-45(44-18-5-4-6-19-44)38-60-56-27-12-14-33-65(56)76-69(60)61;/h4-40H,1-3H3;/q-2;. The van der Waals surface area contributed by atoms with Crippen molar-refractivity contribution in [2.24, 2.45) is 0 Å². The molecule has 10 aromatic carbocycles. The zero-order valence-electron chi connectivity index (χ0n) is 42.3. The zero-order valence-corrected chi connectivity index (χ0v) is 44.6. The molecule has 15 rings (SSSR count). The summed E-state index contributed by atoms with van der Waals surface area (Å²) < 4.78 is 20.3. The van der Waals surface area contributed by atoms with Crippen molar-refractivity contribution in [1.82, 2.24) is 14.1 Å². The maximum absolute atomic E-state index is 6.93. The largest absolute Gasteiger partial charge is 0.510 e. The van der Waals surface area contributed by atoms with Crippen LogP contribution in [0.3, 0.4) is 0 Å². The first kappa shape index (κ1) is 46.4. The Hall–Kier alpha value is -9.09. The maximum atomic E-state index is 6.93. The number of hydrogen-bond acceptors (Lipinski definition) is 3. The third-order valence-electron chi connectivity index (χ3n) is 15.2. The zero-order chi connectivity index (χ0) is 50.6. The van der Waals surface area contributed by atoms with Crippen LogP contribution in [0.4, 0.5) is 0 Å². The summed E-state index contributed by atoms with van der Waals surface area (Å²) in [7, 11) is 0. The number of fused-ring (bicyclic) bond motifs is 13. The molecule has 0 N–H and O–H groups in total. The van der Waals surface area contributed by atoms with E-state index in [1.165, 1.54) is 5.56 Å². The Labute approximate surface area is 460 Å². The first-order valence-electron chi connectivity index (χ1n) is 25.8. The molecule has 0 aliphatic carbocycles. The van der Waals surface area contributed by atoms with Crippen LogP contribution in [0.2, 0.25) is 0 Å². The third-order valence-corrected chi connectivity index (χ3v) is 15.2. The molecule has 0 spiro atoms. The topological polar surface area (TPSA) is 49.0 Å². The normalized spacial score (nSPS) is 12.0. The molecule has 370 valence electrons. The molecule has 7 heteroatoms. The molecule has 0 unspecified atom stereocenters. The van der Waals surface area contributed by atoms with Gasteiger partial charge in [-0.05, 0) is 109 Å². The summed E-state index contributed by atoms with van der Waals surface area (Å²) in [4.78, 5) is 4.90. The second kappa shape index (κ2) is 18.0. The van der Waals surface area contributed by atoms with Gasteiger partial charge in [0.1, 0.15) is 17.0 Å². The predicted molar refractivity (Wildman–Crippen MR) is 307 cm³/mol. The number of furan rings is 1. The number of benzene rings is 10. The number of para-hydroxylation sites is 4. The van der Waals surface area contributed by atoms with E-state index in [0.717, 1.165) is 128 Å². The van der Waals surface area contributed by atoms with E-state index < -0.39 is 0 Å². The molecule has 4 aromatic heterocycles. The van der Waals surface area contributed by atoms with E-state index in [9.17, 15) is 0 Å². The van der Waals surface area contributed by atoms with Crippen LogP contribution in [0, 0.1) is 18.5 Å². The molecule has 0 amide bonds. The third kappa shape index (κ3) is 7.50. The maximum Gasteiger partial charge on any atom is 0.268 e. The van der Waals surface area contributed by atoms with Crippen molar-refractivity contribution in [3.8, 4) is 84.3 Å². The molecule has 77 heavy (non-hydrogen) atoms. The fourth-order valence-corrected chi connectivity index (χ4v) is 11.6. The first-order chi connectivity index (χ1) is 37.3. The molecule has 0 saturated carbocycles. The summed E-state index contributed by atoms with van der Waals surface area (Å²) >= 11 is 0. The van der Waals surface area contributed by atoms with E-state index in [2.05, 4.69) is 247 Å². The van der Waals surface area contributed by atoms with Gasteiger partial charge in [0.05, 0.1) is 16.7 Å². The number of nitrogens with zero attached hydrogens (tertiary/aromatic N) is 4. The van der Waals surface area contributed by atoms with Crippen LogP contribution in [-0.2, 0) is 26.5 Å². The second-order valence-electron chi connectivity index (χ2n) is 20.7. The number of rotatable bonds is 6. The number of imidazole rings is 1. The van der Waals surface area contributed by atoms with E-state index in [-0.39, 0.29) is 26.5 Å². The Morgan fingerprint density at radius 1 is 0.494 bits per heavy atom. The van der Waals surface area contributed by atoms with Crippen LogP contribution in [0.15, 0.2) is 229 Å². The Morgan fingerprint density at radius 3 is 1.91 bits per heavy atom. The Morgan fingerprint density at radius 2 is 1.12 bits per heavy atom. The van der Waals surface area contributed by atoms with Crippen LogP contribution in [0.5, 0.6) is 11.5 Å². The first-order valence-corrected chi connectivity index (χ1v) is 25.8. The molecule has 0 fully saturated rings. The van der Waals surface area contributed by atoms with Gasteiger partial charge in [-0.25, -0.2) is 4.98 Å². The molecule has 0 radical (unpaired) electrons. The van der Waals surface area contributed by atoms with Crippen LogP contribution in [0.1, 0.15) is 26.3 Å². The number of pyridine rings is 1. The predicted octanol–water partition coefficient (Wildman–Crippen LogP) is 17.4. The van der Waals surface area contributed by atoms with E-state index in [4.69, 9.17) is 14.1 Å². The summed E-state index contributed by atoms with van der Waals surface area (Å²) in [5.74, 6) is 1.96. The smallest absolute Gasteiger partial charge is 0.268 e. The van der Waals surface area contributed by atoms with Crippen molar-refractivity contribution >= 4 is 54.8 Å². The molecule has 5 heterocycles. The minimum Gasteiger partial charge on any atom is -0.510 e. The quantitative estimate of drug-likeness (QED) is 0.123. The van der Waals surface area contributed by atoms with Gasteiger partial charge in [-0.1, -0.05) is 178 Å². The number of ether oxygens (including phenoxy) is 1. The fraction of sp³-hybridized carbons (Fsp3) is 0.0571. The average molecular weight is 1170 g/mol. The molecule has 14 aromatic rings. The molecule has 1 aliphatic heterocycles. The molecule has 1 aliphatic rings. The number of hydrogen-bond donors (Lipinski definition) is 0. The fourth-order valence-electron chi connectivity index (χ4n) is 11.6. The minimum absolute atomic E-state index is 0. The summed E-state index contributed by atoms with van der Waals surface area (Å²) in [6.07, 6.45) is 5.86. The van der Waals surface area contributed by atoms with Gasteiger partial charge in [-0.15, -0.1) is 29.7 Å². The van der Waals surface area contributed by atoms with Crippen LogP contribution in [0.25, 0.3) is 128 Å². The molecule has 0 atom stereocenters. The van der Waals surface area contributed by atoms with Crippen molar-refractivity contribution in [3.63, 3.8) is 0 Å². The second-order valence-corrected chi connectivity index (χ2v) is 20.7. The van der Waals surface area contributed by atoms with E-state index in [1.807, 2.05) is 30.5 Å². The van der Waals surface area contributed by atoms with Gasteiger partial charge in [-0.2, -0.15) is 18.2 Å². The van der Waals surface area contributed by atoms with E-state index in [0.29, 0.717) is 11.5 Å². The van der Waals surface area contributed by atoms with Gasteiger partial charge in [-0.3, -0.25) is 4.57 Å². The summed E-state index contributed by atoms with van der Waals surface area (Å²) in [5.41, 5.74) is 19.5. The SMILES string of the molecule is CC(C)(C)c1ccnc(-n2c3[c-]c(Oc4[c-]c(-n5[c-][n+]6c7c(cccc75)-c5ccccc5-c5ccccc5-c5cccc(-c7cc(-c8ccccc8)cc8c7oc7ccccc78)c5-6)ccc4)ccc3c3ccccc32)c1.[Pt].